The highest BCUT2D eigenvalue weighted by Gasteiger charge is 2.23. The van der Waals surface area contributed by atoms with E-state index in [0.717, 1.165) is 11.8 Å². The Morgan fingerprint density at radius 1 is 0.815 bits per heavy atom. The third-order valence-electron chi connectivity index (χ3n) is 3.78. The van der Waals surface area contributed by atoms with Gasteiger partial charge in [-0.1, -0.05) is 84.6 Å². The fourth-order valence-corrected chi connectivity index (χ4v) is 3.49. The van der Waals surface area contributed by atoms with Gasteiger partial charge in [-0.15, -0.1) is 0 Å². The smallest absolute Gasteiger partial charge is 0.283 e. The van der Waals surface area contributed by atoms with Crippen LogP contribution in [0.15, 0.2) is 94.7 Å². The molecule has 0 aromatic heterocycles. The Bertz CT molecular complexity index is 1000. The zero-order valence-corrected chi connectivity index (χ0v) is 14.9. The first kappa shape index (κ1) is 18.4. The van der Waals surface area contributed by atoms with Crippen molar-refractivity contribution in [3.63, 3.8) is 0 Å². The van der Waals surface area contributed by atoms with E-state index in [2.05, 4.69) is 0 Å². The molecule has 0 aliphatic rings. The monoisotopic (exact) mass is 377 g/mol. The quantitative estimate of drug-likeness (QED) is 0.153. The summed E-state index contributed by atoms with van der Waals surface area (Å²) in [5.41, 5.74) is 0.727. The van der Waals surface area contributed by atoms with E-state index in [0.29, 0.717) is 11.1 Å². The second kappa shape index (κ2) is 8.33. The van der Waals surface area contributed by atoms with E-state index < -0.39 is 10.7 Å². The van der Waals surface area contributed by atoms with Crippen LogP contribution in [-0.2, 0) is 0 Å². The first-order valence-electron chi connectivity index (χ1n) is 8.07. The maximum atomic E-state index is 13.0. The Balaban J connectivity index is 2.12. The third-order valence-corrected chi connectivity index (χ3v) is 4.93. The predicted octanol–water partition coefficient (Wildman–Crippen LogP) is 5.50. The number of aliphatic hydroxyl groups is 1. The highest BCUT2D eigenvalue weighted by atomic mass is 32.2. The lowest BCUT2D eigenvalue weighted by Gasteiger charge is -2.11. The lowest BCUT2D eigenvalue weighted by molar-refractivity contribution is -0.387. The van der Waals surface area contributed by atoms with Gasteiger partial charge in [0, 0.05) is 17.2 Å². The summed E-state index contributed by atoms with van der Waals surface area (Å²) in [7, 11) is 0. The molecule has 0 heterocycles. The third kappa shape index (κ3) is 4.24. The van der Waals surface area contributed by atoms with E-state index in [1.165, 1.54) is 6.07 Å². The number of hydrogen-bond donors (Lipinski definition) is 1. The molecule has 0 bridgehead atoms. The molecule has 0 radical (unpaired) electrons. The van der Waals surface area contributed by atoms with Crippen molar-refractivity contribution < 1.29 is 14.8 Å². The maximum absolute atomic E-state index is 13.0. The maximum Gasteiger partial charge on any atom is 0.283 e. The zero-order valence-electron chi connectivity index (χ0n) is 14.1. The topological polar surface area (TPSA) is 80.4 Å². The van der Waals surface area contributed by atoms with Crippen LogP contribution in [0.3, 0.4) is 0 Å². The van der Waals surface area contributed by atoms with Crippen molar-refractivity contribution in [2.24, 2.45) is 0 Å². The minimum atomic E-state index is -0.507. The first-order chi connectivity index (χ1) is 13.1. The number of thioether (sulfide) groups is 1. The number of carbonyl (C=O) groups excluding carboxylic acids is 1. The average Bonchev–Trinajstić information content (AvgIpc) is 2.72. The van der Waals surface area contributed by atoms with Crippen LogP contribution in [0.1, 0.15) is 15.9 Å². The fourth-order valence-electron chi connectivity index (χ4n) is 2.45. The molecule has 0 fully saturated rings. The summed E-state index contributed by atoms with van der Waals surface area (Å²) < 4.78 is 0. The van der Waals surface area contributed by atoms with Crippen molar-refractivity contribution in [3.8, 4) is 0 Å². The first-order valence-corrected chi connectivity index (χ1v) is 8.89. The van der Waals surface area contributed by atoms with E-state index in [1.54, 1.807) is 78.9 Å². The van der Waals surface area contributed by atoms with E-state index in [1.807, 2.05) is 0 Å². The number of Topliss-reactive ketones (excluding diaryl/α,β-unsaturated/α-hetero) is 1. The van der Waals surface area contributed by atoms with Gasteiger partial charge in [0.1, 0.15) is 10.7 Å². The van der Waals surface area contributed by atoms with Gasteiger partial charge in [0.25, 0.3) is 5.69 Å². The van der Waals surface area contributed by atoms with Crippen molar-refractivity contribution in [3.05, 3.63) is 111 Å². The molecule has 0 aliphatic heterocycles. The molecule has 3 rings (SSSR count). The van der Waals surface area contributed by atoms with Gasteiger partial charge in [0.2, 0.25) is 5.78 Å². The van der Waals surface area contributed by atoms with Crippen molar-refractivity contribution in [1.29, 1.82) is 0 Å². The van der Waals surface area contributed by atoms with Crippen LogP contribution in [0.25, 0.3) is 5.76 Å². The van der Waals surface area contributed by atoms with Crippen LogP contribution in [0.2, 0.25) is 0 Å². The van der Waals surface area contributed by atoms with Gasteiger partial charge < -0.3 is 5.11 Å². The molecule has 0 amide bonds. The standard InChI is InChI=1S/C21H15NO4S/c23-19(15-9-3-1-4-10-15)21(20(24)16-11-5-2-6-12-16)27-18-14-8-7-13-17(18)22(25)26/h1-14,23H. The Kier molecular flexibility index (Phi) is 5.68. The molecular weight excluding hydrogens is 362 g/mol. The van der Waals surface area contributed by atoms with E-state index >= 15 is 0 Å². The minimum absolute atomic E-state index is 0.0294. The van der Waals surface area contributed by atoms with Crippen molar-refractivity contribution >= 4 is 29.0 Å². The molecule has 0 spiro atoms. The second-order valence-corrected chi connectivity index (χ2v) is 6.62. The molecule has 3 aromatic carbocycles. The number of benzene rings is 3. The van der Waals surface area contributed by atoms with E-state index in [9.17, 15) is 20.0 Å². The molecule has 5 nitrogen and oxygen atoms in total. The molecule has 3 aromatic rings. The summed E-state index contributed by atoms with van der Waals surface area (Å²) in [5.74, 6) is -0.618. The number of nitro groups is 1. The Morgan fingerprint density at radius 3 is 1.93 bits per heavy atom. The van der Waals surface area contributed by atoms with Gasteiger partial charge in [0.15, 0.2) is 0 Å². The molecule has 1 N–H and O–H groups in total. The normalized spacial score (nSPS) is 11.6. The van der Waals surface area contributed by atoms with Gasteiger partial charge in [-0.25, -0.2) is 0 Å². The SMILES string of the molecule is O=C(C(Sc1ccccc1[N+](=O)[O-])=C(O)c1ccccc1)c1ccccc1. The Hall–Kier alpha value is -3.38. The number of para-hydroxylation sites is 1. The summed E-state index contributed by atoms with van der Waals surface area (Å²) in [6, 6.07) is 23.3. The molecule has 0 atom stereocenters. The van der Waals surface area contributed by atoms with Gasteiger partial charge in [-0.3, -0.25) is 14.9 Å². The summed E-state index contributed by atoms with van der Waals surface area (Å²) in [6.45, 7) is 0. The van der Waals surface area contributed by atoms with E-state index in [-0.39, 0.29) is 21.2 Å². The number of hydrogen-bond acceptors (Lipinski definition) is 5. The second-order valence-electron chi connectivity index (χ2n) is 5.57. The Morgan fingerprint density at radius 2 is 1.33 bits per heavy atom. The Labute approximate surface area is 160 Å². The molecule has 0 aliphatic carbocycles. The van der Waals surface area contributed by atoms with Crippen LogP contribution in [0.4, 0.5) is 5.69 Å². The molecular formula is C21H15NO4S. The number of aliphatic hydroxyl groups excluding tert-OH is 1. The van der Waals surface area contributed by atoms with Crippen LogP contribution in [0, 0.1) is 10.1 Å². The van der Waals surface area contributed by atoms with E-state index in [4.69, 9.17) is 0 Å². The number of carbonyl (C=O) groups is 1. The van der Waals surface area contributed by atoms with Crippen LogP contribution in [-0.4, -0.2) is 15.8 Å². The summed E-state index contributed by atoms with van der Waals surface area (Å²) in [5, 5.41) is 22.1. The lowest BCUT2D eigenvalue weighted by Crippen LogP contribution is -2.04. The van der Waals surface area contributed by atoms with Crippen LogP contribution >= 0.6 is 11.8 Å². The lowest BCUT2D eigenvalue weighted by atomic mass is 10.1. The number of ketones is 1. The summed E-state index contributed by atoms with van der Waals surface area (Å²) in [4.78, 5) is 24.2. The summed E-state index contributed by atoms with van der Waals surface area (Å²) >= 11 is 0.888. The number of rotatable bonds is 6. The predicted molar refractivity (Wildman–Crippen MR) is 106 cm³/mol. The van der Waals surface area contributed by atoms with Crippen molar-refractivity contribution in [1.82, 2.24) is 0 Å². The fraction of sp³-hybridized carbons (Fsp3) is 0. The molecule has 0 unspecified atom stereocenters. The molecule has 6 heteroatoms. The average molecular weight is 377 g/mol. The number of nitrogens with zero attached hydrogens (tertiary/aromatic N) is 1. The number of nitro benzene ring substituents is 1. The van der Waals surface area contributed by atoms with Gasteiger partial charge >= 0.3 is 0 Å². The molecule has 134 valence electrons. The minimum Gasteiger partial charge on any atom is -0.506 e. The molecule has 0 saturated carbocycles. The number of allylic oxidation sites excluding steroid dienone is 1. The van der Waals surface area contributed by atoms with Crippen LogP contribution < -0.4 is 0 Å². The van der Waals surface area contributed by atoms with Gasteiger partial charge in [0.05, 0.1) is 9.82 Å². The van der Waals surface area contributed by atoms with Gasteiger partial charge in [-0.05, 0) is 6.07 Å². The highest BCUT2D eigenvalue weighted by molar-refractivity contribution is 8.04. The summed E-state index contributed by atoms with van der Waals surface area (Å²) in [6.07, 6.45) is 0. The van der Waals surface area contributed by atoms with Crippen molar-refractivity contribution in [2.75, 3.05) is 0 Å². The van der Waals surface area contributed by atoms with Gasteiger partial charge in [-0.2, -0.15) is 0 Å². The van der Waals surface area contributed by atoms with Crippen molar-refractivity contribution in [2.45, 2.75) is 4.90 Å². The highest BCUT2D eigenvalue weighted by Crippen LogP contribution is 2.38. The molecule has 0 saturated heterocycles. The largest absolute Gasteiger partial charge is 0.506 e. The zero-order chi connectivity index (χ0) is 19.2. The molecule has 27 heavy (non-hydrogen) atoms. The van der Waals surface area contributed by atoms with Crippen LogP contribution in [0.5, 0.6) is 0 Å².